The first-order valence-electron chi connectivity index (χ1n) is 7.81. The first-order valence-corrected chi connectivity index (χ1v) is 8.62. The van der Waals surface area contributed by atoms with E-state index in [4.69, 9.17) is 4.74 Å². The molecule has 0 bridgehead atoms. The molecule has 126 valence electrons. The van der Waals surface area contributed by atoms with Crippen molar-refractivity contribution < 1.29 is 9.84 Å². The summed E-state index contributed by atoms with van der Waals surface area (Å²) in [5.41, 5.74) is 3.20. The second-order valence-electron chi connectivity index (χ2n) is 5.80. The largest absolute Gasteiger partial charge is 0.508 e. The summed E-state index contributed by atoms with van der Waals surface area (Å²) in [5.74, 6) is 1.60. The monoisotopic (exact) mass is 352 g/mol. The molecule has 4 rings (SSSR count). The van der Waals surface area contributed by atoms with Crippen LogP contribution in [0, 0.1) is 13.8 Å². The van der Waals surface area contributed by atoms with Crippen LogP contribution in [0.2, 0.25) is 0 Å². The average Bonchev–Trinajstić information content (AvgIpc) is 3.16. The van der Waals surface area contributed by atoms with Gasteiger partial charge in [-0.2, -0.15) is 9.61 Å². The summed E-state index contributed by atoms with van der Waals surface area (Å²) < 4.78 is 7.52. The normalized spacial score (nSPS) is 11.1. The highest BCUT2D eigenvalue weighted by Crippen LogP contribution is 2.25. The number of aromatic hydroxyl groups is 1. The Morgan fingerprint density at radius 2 is 1.96 bits per heavy atom. The third-order valence-corrected chi connectivity index (χ3v) is 4.85. The van der Waals surface area contributed by atoms with Crippen LogP contribution in [0.5, 0.6) is 11.5 Å². The van der Waals surface area contributed by atoms with Crippen molar-refractivity contribution in [2.24, 2.45) is 0 Å². The van der Waals surface area contributed by atoms with Gasteiger partial charge in [-0.25, -0.2) is 0 Å². The summed E-state index contributed by atoms with van der Waals surface area (Å²) in [4.78, 5) is 0.692. The quantitative estimate of drug-likeness (QED) is 0.605. The Labute approximate surface area is 148 Å². The summed E-state index contributed by atoms with van der Waals surface area (Å²) >= 11 is 1.43. The van der Waals surface area contributed by atoms with Gasteiger partial charge in [0.1, 0.15) is 18.1 Å². The van der Waals surface area contributed by atoms with E-state index < -0.39 is 0 Å². The standard InChI is InChI=1S/C18H16N4O2S/c1-11-6-7-15(8-12(11)2)24-10-16-21-22-17(19-20-18(22)25-16)13-4-3-5-14(23)9-13/h3-9,23H,10H2,1-2H3. The smallest absolute Gasteiger partial charge is 0.235 e. The molecule has 0 spiro atoms. The molecule has 0 aliphatic heterocycles. The third-order valence-electron chi connectivity index (χ3n) is 3.98. The zero-order valence-electron chi connectivity index (χ0n) is 13.8. The molecule has 1 N–H and O–H groups in total. The molecule has 4 aromatic rings. The Kier molecular flexibility index (Phi) is 3.85. The van der Waals surface area contributed by atoms with Crippen molar-refractivity contribution in [2.75, 3.05) is 0 Å². The molecule has 0 atom stereocenters. The van der Waals surface area contributed by atoms with Crippen LogP contribution in [-0.2, 0) is 6.61 Å². The van der Waals surface area contributed by atoms with E-state index in [2.05, 4.69) is 29.1 Å². The number of aryl methyl sites for hydroxylation is 2. The maximum Gasteiger partial charge on any atom is 0.235 e. The van der Waals surface area contributed by atoms with Gasteiger partial charge >= 0.3 is 0 Å². The maximum absolute atomic E-state index is 9.65. The lowest BCUT2D eigenvalue weighted by Gasteiger charge is -2.06. The molecular weight excluding hydrogens is 336 g/mol. The molecule has 0 amide bonds. The predicted molar refractivity (Wildman–Crippen MR) is 96.0 cm³/mol. The van der Waals surface area contributed by atoms with Gasteiger partial charge in [-0.05, 0) is 49.2 Å². The van der Waals surface area contributed by atoms with Crippen LogP contribution >= 0.6 is 11.3 Å². The van der Waals surface area contributed by atoms with Crippen LogP contribution in [-0.4, -0.2) is 24.9 Å². The van der Waals surface area contributed by atoms with Gasteiger partial charge in [0.05, 0.1) is 0 Å². The van der Waals surface area contributed by atoms with Crippen LogP contribution in [0.4, 0.5) is 0 Å². The number of rotatable bonds is 4. The molecule has 0 aliphatic carbocycles. The lowest BCUT2D eigenvalue weighted by molar-refractivity contribution is 0.304. The number of fused-ring (bicyclic) bond motifs is 1. The Balaban J connectivity index is 1.58. The molecule has 0 fully saturated rings. The summed E-state index contributed by atoms with van der Waals surface area (Å²) in [6, 6.07) is 12.9. The number of aromatic nitrogens is 4. The summed E-state index contributed by atoms with van der Waals surface area (Å²) in [7, 11) is 0. The zero-order chi connectivity index (χ0) is 17.4. The van der Waals surface area contributed by atoms with Crippen molar-refractivity contribution in [1.82, 2.24) is 19.8 Å². The van der Waals surface area contributed by atoms with Gasteiger partial charge in [-0.3, -0.25) is 0 Å². The molecule has 2 aromatic heterocycles. The minimum absolute atomic E-state index is 0.183. The van der Waals surface area contributed by atoms with Gasteiger partial charge in [0.15, 0.2) is 10.8 Å². The maximum atomic E-state index is 9.65. The molecule has 0 saturated heterocycles. The molecule has 6 nitrogen and oxygen atoms in total. The van der Waals surface area contributed by atoms with Gasteiger partial charge < -0.3 is 9.84 Å². The zero-order valence-corrected chi connectivity index (χ0v) is 14.6. The lowest BCUT2D eigenvalue weighted by atomic mass is 10.1. The van der Waals surface area contributed by atoms with Crippen molar-refractivity contribution in [2.45, 2.75) is 20.5 Å². The fourth-order valence-corrected chi connectivity index (χ4v) is 3.24. The van der Waals surface area contributed by atoms with Crippen LogP contribution < -0.4 is 4.74 Å². The highest BCUT2D eigenvalue weighted by atomic mass is 32.1. The Bertz CT molecular complexity index is 1050. The van der Waals surface area contributed by atoms with Crippen LogP contribution in [0.25, 0.3) is 16.3 Å². The highest BCUT2D eigenvalue weighted by Gasteiger charge is 2.14. The molecule has 0 saturated carbocycles. The molecule has 2 heterocycles. The molecule has 2 aromatic carbocycles. The number of phenolic OH excluding ortho intramolecular Hbond substituents is 1. The van der Waals surface area contributed by atoms with Crippen molar-refractivity contribution >= 4 is 16.3 Å². The number of benzene rings is 2. The lowest BCUT2D eigenvalue weighted by Crippen LogP contribution is -1.98. The van der Waals surface area contributed by atoms with E-state index in [9.17, 15) is 5.11 Å². The SMILES string of the molecule is Cc1ccc(OCc2nn3c(-c4cccc(O)c4)nnc3s2)cc1C. The number of ether oxygens (including phenoxy) is 1. The van der Waals surface area contributed by atoms with E-state index in [1.807, 2.05) is 24.3 Å². The minimum atomic E-state index is 0.183. The van der Waals surface area contributed by atoms with Gasteiger partial charge in [-0.1, -0.05) is 29.5 Å². The summed E-state index contributed by atoms with van der Waals surface area (Å²) in [6.07, 6.45) is 0. The topological polar surface area (TPSA) is 72.5 Å². The number of hydrogen-bond acceptors (Lipinski definition) is 6. The van der Waals surface area contributed by atoms with E-state index in [1.165, 1.54) is 22.5 Å². The van der Waals surface area contributed by atoms with E-state index in [0.717, 1.165) is 16.3 Å². The molecule has 25 heavy (non-hydrogen) atoms. The fraction of sp³-hybridized carbons (Fsp3) is 0.167. The Morgan fingerprint density at radius 1 is 1.08 bits per heavy atom. The minimum Gasteiger partial charge on any atom is -0.508 e. The molecule has 0 radical (unpaired) electrons. The van der Waals surface area contributed by atoms with E-state index in [-0.39, 0.29) is 5.75 Å². The van der Waals surface area contributed by atoms with E-state index in [1.54, 1.807) is 22.7 Å². The van der Waals surface area contributed by atoms with Crippen LogP contribution in [0.15, 0.2) is 42.5 Å². The molecular formula is C18H16N4O2S. The number of phenols is 1. The van der Waals surface area contributed by atoms with Crippen molar-refractivity contribution in [3.63, 3.8) is 0 Å². The molecule has 0 aliphatic rings. The second kappa shape index (κ2) is 6.18. The van der Waals surface area contributed by atoms with Crippen LogP contribution in [0.3, 0.4) is 0 Å². The number of hydrogen-bond donors (Lipinski definition) is 1. The summed E-state index contributed by atoms with van der Waals surface area (Å²) in [5, 5.41) is 23.3. The predicted octanol–water partition coefficient (Wildman–Crippen LogP) is 3.75. The second-order valence-corrected chi connectivity index (χ2v) is 6.84. The van der Waals surface area contributed by atoms with Crippen molar-refractivity contribution in [3.8, 4) is 22.9 Å². The highest BCUT2D eigenvalue weighted by molar-refractivity contribution is 7.16. The molecule has 7 heteroatoms. The first kappa shape index (κ1) is 15.6. The third kappa shape index (κ3) is 3.06. The fourth-order valence-electron chi connectivity index (χ4n) is 2.49. The van der Waals surface area contributed by atoms with Gasteiger partial charge in [0, 0.05) is 5.56 Å². The molecule has 0 unspecified atom stereocenters. The van der Waals surface area contributed by atoms with Gasteiger partial charge in [0.25, 0.3) is 0 Å². The van der Waals surface area contributed by atoms with E-state index >= 15 is 0 Å². The van der Waals surface area contributed by atoms with E-state index in [0.29, 0.717) is 17.4 Å². The average molecular weight is 352 g/mol. The summed E-state index contributed by atoms with van der Waals surface area (Å²) in [6.45, 7) is 4.51. The van der Waals surface area contributed by atoms with Gasteiger partial charge in [0.2, 0.25) is 4.96 Å². The Morgan fingerprint density at radius 3 is 2.76 bits per heavy atom. The number of nitrogens with zero attached hydrogens (tertiary/aromatic N) is 4. The van der Waals surface area contributed by atoms with Crippen molar-refractivity contribution in [3.05, 3.63) is 58.6 Å². The Hall–Kier alpha value is -2.93. The first-order chi connectivity index (χ1) is 12.1. The van der Waals surface area contributed by atoms with Crippen molar-refractivity contribution in [1.29, 1.82) is 0 Å². The van der Waals surface area contributed by atoms with Crippen LogP contribution in [0.1, 0.15) is 16.1 Å². The van der Waals surface area contributed by atoms with Gasteiger partial charge in [-0.15, -0.1) is 10.2 Å².